The van der Waals surface area contributed by atoms with E-state index in [1.165, 1.54) is 0 Å². The van der Waals surface area contributed by atoms with Gasteiger partial charge in [0.1, 0.15) is 73.2 Å². The highest BCUT2D eigenvalue weighted by Crippen LogP contribution is 2.50. The molecule has 1 aliphatic carbocycles. The molecule has 5 heterocycles. The molecule has 1 aromatic carbocycles. The molecule has 0 unspecified atom stereocenters. The average molecular weight is 877 g/mol. The molecule has 6 fully saturated rings. The van der Waals surface area contributed by atoms with E-state index in [1.807, 2.05) is 0 Å². The van der Waals surface area contributed by atoms with E-state index in [-0.39, 0.29) is 18.6 Å². The second-order valence-electron chi connectivity index (χ2n) is 16.3. The van der Waals surface area contributed by atoms with Gasteiger partial charge in [-0.3, -0.25) is 9.59 Å². The number of esters is 2. The SMILES string of the molecule is C[C@@H]1CO[C@@]2(C[C@@H]1OC(=O)c1ccccc1)O[C@@H]1C[C@@H](C(=O)O[C@@H]3O[C@H](CO)[C@@H](O)[C@H](O)[C@H]3O[C@@H]3O[C@H](CO)[C@@H](O)[C@H](O)[C@H]3O[C@@H]3OC[C@@H](O)[C@@H](O)[C@@H]3O)C[C@@H](O)[C@]1(O)C2=O. The van der Waals surface area contributed by atoms with Crippen LogP contribution in [-0.4, -0.2) is 216 Å². The molecule has 1 saturated carbocycles. The van der Waals surface area contributed by atoms with Crippen molar-refractivity contribution in [2.45, 2.75) is 142 Å². The van der Waals surface area contributed by atoms with E-state index in [0.29, 0.717) is 0 Å². The molecule has 61 heavy (non-hydrogen) atoms. The van der Waals surface area contributed by atoms with Crippen molar-refractivity contribution < 1.29 is 113 Å². The number of ether oxygens (including phenoxy) is 9. The smallest absolute Gasteiger partial charge is 0.338 e. The fourth-order valence-electron chi connectivity index (χ4n) is 8.52. The third-order valence-electron chi connectivity index (χ3n) is 12.3. The number of benzene rings is 1. The Morgan fingerprint density at radius 1 is 0.754 bits per heavy atom. The summed E-state index contributed by atoms with van der Waals surface area (Å²) in [4.78, 5) is 40.8. The van der Waals surface area contributed by atoms with Gasteiger partial charge in [-0.25, -0.2) is 4.79 Å². The van der Waals surface area contributed by atoms with E-state index in [0.717, 1.165) is 0 Å². The number of hydrogen-bond donors (Lipinski definition) is 11. The Kier molecular flexibility index (Phi) is 13.8. The van der Waals surface area contributed by atoms with Crippen molar-refractivity contribution >= 4 is 17.7 Å². The van der Waals surface area contributed by atoms with Gasteiger partial charge >= 0.3 is 11.9 Å². The fraction of sp³-hybridized carbons (Fsp3) is 0.763. The summed E-state index contributed by atoms with van der Waals surface area (Å²) in [6.45, 7) is -0.775. The minimum Gasteiger partial charge on any atom is -0.458 e. The van der Waals surface area contributed by atoms with Crippen LogP contribution < -0.4 is 0 Å². The van der Waals surface area contributed by atoms with Crippen LogP contribution in [0.3, 0.4) is 0 Å². The van der Waals surface area contributed by atoms with Gasteiger partial charge in [0.25, 0.3) is 0 Å². The summed E-state index contributed by atoms with van der Waals surface area (Å²) in [6, 6.07) is 8.09. The highest BCUT2D eigenvalue weighted by molar-refractivity contribution is 5.97. The quantitative estimate of drug-likeness (QED) is 0.0975. The van der Waals surface area contributed by atoms with Crippen molar-refractivity contribution in [3.63, 3.8) is 0 Å². The van der Waals surface area contributed by atoms with Crippen molar-refractivity contribution in [1.29, 1.82) is 0 Å². The average Bonchev–Trinajstić information content (AvgIpc) is 3.46. The third-order valence-corrected chi connectivity index (χ3v) is 12.3. The third kappa shape index (κ3) is 8.59. The molecule has 21 atom stereocenters. The maximum absolute atomic E-state index is 14.0. The Morgan fingerprint density at radius 2 is 1.36 bits per heavy atom. The van der Waals surface area contributed by atoms with Crippen LogP contribution in [0.15, 0.2) is 30.3 Å². The highest BCUT2D eigenvalue weighted by Gasteiger charge is 2.71. The van der Waals surface area contributed by atoms with Crippen molar-refractivity contribution in [2.24, 2.45) is 11.8 Å². The van der Waals surface area contributed by atoms with E-state index < -0.39 is 178 Å². The molecule has 0 bridgehead atoms. The number of carbonyl (C=O) groups is 3. The molecule has 7 rings (SSSR count). The van der Waals surface area contributed by atoms with Gasteiger partial charge in [0.15, 0.2) is 24.3 Å². The predicted octanol–water partition coefficient (Wildman–Crippen LogP) is -5.93. The summed E-state index contributed by atoms with van der Waals surface area (Å²) >= 11 is 0. The number of carbonyl (C=O) groups excluding carboxylic acids is 3. The van der Waals surface area contributed by atoms with Gasteiger partial charge in [0.2, 0.25) is 17.9 Å². The Bertz CT molecular complexity index is 1700. The standard InChI is InChI=1S/C38H52O23/c1-14-12-54-37(9-18(14)55-31(49)15-5-3-2-4-6-15)36(51)38(52)21(42)7-16(8-22(38)61-37)32(50)60-35-30(27(47)25(45)20(11-40)57-35)59-34-29(26(46)24(44)19(10-39)56-34)58-33-28(48)23(43)17(41)13-53-33/h2-6,14,16-30,33-35,39-48,52H,7-13H2,1H3/t14-,16+,17-,18+,19-,20-,21-,22-,23-,24-,25-,26+,27+,28+,29-,30-,33+,34+,35+,37+,38-/m1/s1. The van der Waals surface area contributed by atoms with Crippen LogP contribution >= 0.6 is 0 Å². The van der Waals surface area contributed by atoms with Gasteiger partial charge in [-0.1, -0.05) is 25.1 Å². The zero-order chi connectivity index (χ0) is 44.1. The summed E-state index contributed by atoms with van der Waals surface area (Å²) in [7, 11) is 0. The topological polar surface area (TPSA) is 357 Å². The monoisotopic (exact) mass is 876 g/mol. The molecular formula is C38H52O23. The Labute approximate surface area is 346 Å². The van der Waals surface area contributed by atoms with E-state index in [9.17, 15) is 70.6 Å². The first-order valence-electron chi connectivity index (χ1n) is 19.9. The second kappa shape index (κ2) is 18.3. The summed E-state index contributed by atoms with van der Waals surface area (Å²) < 4.78 is 51.2. The van der Waals surface area contributed by atoms with Gasteiger partial charge in [0, 0.05) is 12.3 Å². The van der Waals surface area contributed by atoms with Crippen LogP contribution in [0.25, 0.3) is 0 Å². The normalized spacial score (nSPS) is 47.7. The van der Waals surface area contributed by atoms with Gasteiger partial charge < -0.3 is 98.8 Å². The van der Waals surface area contributed by atoms with Crippen molar-refractivity contribution in [2.75, 3.05) is 26.4 Å². The Hall–Kier alpha value is -2.89. The number of Topliss-reactive ketones (excluding diaryl/α,β-unsaturated/α-hetero) is 1. The number of aliphatic hydroxyl groups is 11. The van der Waals surface area contributed by atoms with E-state index in [1.54, 1.807) is 37.3 Å². The van der Waals surface area contributed by atoms with Crippen LogP contribution in [0.5, 0.6) is 0 Å². The molecule has 23 heteroatoms. The first-order valence-corrected chi connectivity index (χ1v) is 19.9. The zero-order valence-electron chi connectivity index (χ0n) is 32.6. The van der Waals surface area contributed by atoms with Gasteiger partial charge in [-0.15, -0.1) is 0 Å². The summed E-state index contributed by atoms with van der Waals surface area (Å²) in [5, 5.41) is 117. The minimum absolute atomic E-state index is 0.144. The highest BCUT2D eigenvalue weighted by atomic mass is 16.8. The molecular weight excluding hydrogens is 824 g/mol. The van der Waals surface area contributed by atoms with Gasteiger partial charge in [-0.2, -0.15) is 0 Å². The van der Waals surface area contributed by atoms with E-state index in [2.05, 4.69) is 0 Å². The zero-order valence-corrected chi connectivity index (χ0v) is 32.6. The number of aliphatic hydroxyl groups excluding tert-OH is 10. The molecule has 1 aromatic rings. The summed E-state index contributed by atoms with van der Waals surface area (Å²) in [5.41, 5.74) is -2.33. The molecule has 5 aliphatic heterocycles. The number of fused-ring (bicyclic) bond motifs is 1. The van der Waals surface area contributed by atoms with Crippen LogP contribution in [0.4, 0.5) is 0 Å². The second-order valence-corrected chi connectivity index (χ2v) is 16.3. The lowest BCUT2D eigenvalue weighted by Gasteiger charge is -2.48. The first kappa shape index (κ1) is 46.1. The van der Waals surface area contributed by atoms with Crippen LogP contribution in [0.2, 0.25) is 0 Å². The summed E-state index contributed by atoms with van der Waals surface area (Å²) in [5.74, 6) is -6.84. The molecule has 5 saturated heterocycles. The molecule has 0 aromatic heterocycles. The molecule has 0 amide bonds. The van der Waals surface area contributed by atoms with Crippen LogP contribution in [-0.2, 0) is 52.2 Å². The molecule has 23 nitrogen and oxygen atoms in total. The van der Waals surface area contributed by atoms with Gasteiger partial charge in [-0.05, 0) is 25.0 Å². The van der Waals surface area contributed by atoms with E-state index >= 15 is 0 Å². The lowest BCUT2D eigenvalue weighted by molar-refractivity contribution is -0.386. The number of rotatable bonds is 10. The number of ketones is 1. The lowest BCUT2D eigenvalue weighted by Crippen LogP contribution is -2.66. The largest absolute Gasteiger partial charge is 0.458 e. The van der Waals surface area contributed by atoms with Crippen LogP contribution in [0, 0.1) is 11.8 Å². The van der Waals surface area contributed by atoms with Gasteiger partial charge in [0.05, 0.1) is 44.0 Å². The molecule has 0 radical (unpaired) electrons. The molecule has 1 spiro atoms. The Balaban J connectivity index is 1.08. The molecule has 6 aliphatic rings. The Morgan fingerprint density at radius 3 is 2.00 bits per heavy atom. The van der Waals surface area contributed by atoms with E-state index in [4.69, 9.17) is 42.6 Å². The minimum atomic E-state index is -2.58. The fourth-order valence-corrected chi connectivity index (χ4v) is 8.52. The molecule has 342 valence electrons. The predicted molar refractivity (Wildman–Crippen MR) is 191 cm³/mol. The maximum Gasteiger partial charge on any atom is 0.338 e. The van der Waals surface area contributed by atoms with Crippen molar-refractivity contribution in [3.8, 4) is 0 Å². The van der Waals surface area contributed by atoms with Crippen molar-refractivity contribution in [1.82, 2.24) is 0 Å². The van der Waals surface area contributed by atoms with Crippen LogP contribution in [0.1, 0.15) is 36.5 Å². The first-order chi connectivity index (χ1) is 28.9. The lowest BCUT2D eigenvalue weighted by atomic mass is 9.72. The maximum atomic E-state index is 14.0. The summed E-state index contributed by atoms with van der Waals surface area (Å²) in [6.07, 6.45) is -31.6. The number of hydrogen-bond acceptors (Lipinski definition) is 23. The molecule has 11 N–H and O–H groups in total. The van der Waals surface area contributed by atoms with Crippen molar-refractivity contribution in [3.05, 3.63) is 35.9 Å².